The van der Waals surface area contributed by atoms with Crippen molar-refractivity contribution in [2.75, 3.05) is 4.90 Å². The lowest BCUT2D eigenvalue weighted by molar-refractivity contribution is -0.118. The van der Waals surface area contributed by atoms with Crippen molar-refractivity contribution in [3.63, 3.8) is 0 Å². The van der Waals surface area contributed by atoms with E-state index in [0.717, 1.165) is 17.5 Å². The summed E-state index contributed by atoms with van der Waals surface area (Å²) in [6.45, 7) is 5.97. The van der Waals surface area contributed by atoms with E-state index in [0.29, 0.717) is 12.1 Å². The Labute approximate surface area is 160 Å². The number of rotatable bonds is 6. The van der Waals surface area contributed by atoms with E-state index in [4.69, 9.17) is 0 Å². The average molecular weight is 363 g/mol. The van der Waals surface area contributed by atoms with E-state index in [9.17, 15) is 14.7 Å². The molecular formula is C23H25NO3. The molecule has 1 atom stereocenters. The molecule has 1 aliphatic rings. The van der Waals surface area contributed by atoms with Crippen LogP contribution in [0.1, 0.15) is 44.4 Å². The van der Waals surface area contributed by atoms with Crippen LogP contribution in [-0.4, -0.2) is 16.8 Å². The standard InChI is InChI=1S/C23H25NO3/c1-4-16-10-12-18(13-11-16)24-21(17-8-6-5-7-9-17)20(22(26)23(24)27)19(25)14-15(2)3/h5-13,15,21,26H,4,14H2,1-3H3. The van der Waals surface area contributed by atoms with E-state index in [1.807, 2.05) is 68.4 Å². The highest BCUT2D eigenvalue weighted by Crippen LogP contribution is 2.41. The van der Waals surface area contributed by atoms with Gasteiger partial charge in [0.05, 0.1) is 11.6 Å². The molecule has 0 saturated carbocycles. The van der Waals surface area contributed by atoms with Gasteiger partial charge in [-0.15, -0.1) is 0 Å². The Morgan fingerprint density at radius 3 is 2.26 bits per heavy atom. The molecule has 0 radical (unpaired) electrons. The molecule has 0 bridgehead atoms. The van der Waals surface area contributed by atoms with Crippen LogP contribution < -0.4 is 4.90 Å². The molecule has 4 nitrogen and oxygen atoms in total. The fourth-order valence-electron chi connectivity index (χ4n) is 3.48. The van der Waals surface area contributed by atoms with Gasteiger partial charge in [0, 0.05) is 12.1 Å². The van der Waals surface area contributed by atoms with E-state index < -0.39 is 17.7 Å². The predicted molar refractivity (Wildman–Crippen MR) is 107 cm³/mol. The molecule has 0 saturated heterocycles. The fourth-order valence-corrected chi connectivity index (χ4v) is 3.48. The van der Waals surface area contributed by atoms with E-state index in [-0.39, 0.29) is 17.3 Å². The highest BCUT2D eigenvalue weighted by Gasteiger charge is 2.44. The van der Waals surface area contributed by atoms with E-state index >= 15 is 0 Å². The first-order valence-corrected chi connectivity index (χ1v) is 9.37. The highest BCUT2D eigenvalue weighted by atomic mass is 16.3. The third-order valence-corrected chi connectivity index (χ3v) is 4.84. The molecule has 0 aromatic heterocycles. The SMILES string of the molecule is CCc1ccc(N2C(=O)C(O)=C(C(=O)CC(C)C)C2c2ccccc2)cc1. The van der Waals surface area contributed by atoms with Crippen LogP contribution >= 0.6 is 0 Å². The zero-order chi connectivity index (χ0) is 19.6. The maximum atomic E-state index is 12.9. The first kappa shape index (κ1) is 18.9. The molecule has 1 aliphatic heterocycles. The van der Waals surface area contributed by atoms with E-state index in [2.05, 4.69) is 6.92 Å². The van der Waals surface area contributed by atoms with E-state index in [1.165, 1.54) is 4.90 Å². The van der Waals surface area contributed by atoms with Crippen LogP contribution in [0, 0.1) is 5.92 Å². The van der Waals surface area contributed by atoms with Gasteiger partial charge in [-0.1, -0.05) is 63.2 Å². The maximum Gasteiger partial charge on any atom is 0.294 e. The minimum Gasteiger partial charge on any atom is -0.503 e. The van der Waals surface area contributed by atoms with Gasteiger partial charge in [-0.3, -0.25) is 14.5 Å². The number of anilines is 1. The van der Waals surface area contributed by atoms with Crippen LogP contribution in [0.15, 0.2) is 65.9 Å². The molecule has 4 heteroatoms. The molecule has 0 aliphatic carbocycles. The molecule has 0 spiro atoms. The topological polar surface area (TPSA) is 57.6 Å². The van der Waals surface area contributed by atoms with Crippen LogP contribution in [0.4, 0.5) is 5.69 Å². The zero-order valence-corrected chi connectivity index (χ0v) is 16.0. The van der Waals surface area contributed by atoms with Crippen molar-refractivity contribution < 1.29 is 14.7 Å². The molecule has 0 fully saturated rings. The maximum absolute atomic E-state index is 12.9. The molecule has 1 unspecified atom stereocenters. The van der Waals surface area contributed by atoms with Gasteiger partial charge in [0.1, 0.15) is 0 Å². The summed E-state index contributed by atoms with van der Waals surface area (Å²) in [7, 11) is 0. The number of nitrogens with zero attached hydrogens (tertiary/aromatic N) is 1. The van der Waals surface area contributed by atoms with Crippen LogP contribution in [0.5, 0.6) is 0 Å². The zero-order valence-electron chi connectivity index (χ0n) is 16.0. The Hall–Kier alpha value is -2.88. The number of hydrogen-bond acceptors (Lipinski definition) is 3. The lowest BCUT2D eigenvalue weighted by Crippen LogP contribution is -2.31. The van der Waals surface area contributed by atoms with Crippen molar-refractivity contribution in [3.8, 4) is 0 Å². The highest BCUT2D eigenvalue weighted by molar-refractivity contribution is 6.16. The second-order valence-corrected chi connectivity index (χ2v) is 7.29. The summed E-state index contributed by atoms with van der Waals surface area (Å²) in [5, 5.41) is 10.6. The Bertz CT molecular complexity index is 866. The molecule has 27 heavy (non-hydrogen) atoms. The Morgan fingerprint density at radius 1 is 1.07 bits per heavy atom. The summed E-state index contributed by atoms with van der Waals surface area (Å²) in [5.74, 6) is -1.01. The first-order chi connectivity index (χ1) is 12.9. The van der Waals surface area contributed by atoms with Crippen LogP contribution in [0.3, 0.4) is 0 Å². The van der Waals surface area contributed by atoms with Gasteiger partial charge in [0.15, 0.2) is 11.5 Å². The molecule has 140 valence electrons. The summed E-state index contributed by atoms with van der Waals surface area (Å²) in [5.41, 5.74) is 2.83. The van der Waals surface area contributed by atoms with Gasteiger partial charge in [0.25, 0.3) is 5.91 Å². The minimum atomic E-state index is -0.613. The summed E-state index contributed by atoms with van der Waals surface area (Å²) < 4.78 is 0. The van der Waals surface area contributed by atoms with Crippen LogP contribution in [0.25, 0.3) is 0 Å². The van der Waals surface area contributed by atoms with Crippen molar-refractivity contribution >= 4 is 17.4 Å². The van der Waals surface area contributed by atoms with Gasteiger partial charge in [-0.25, -0.2) is 0 Å². The Morgan fingerprint density at radius 2 is 1.70 bits per heavy atom. The number of Topliss-reactive ketones (excluding diaryl/α,β-unsaturated/α-hetero) is 1. The average Bonchev–Trinajstić information content (AvgIpc) is 2.93. The Balaban J connectivity index is 2.10. The van der Waals surface area contributed by atoms with Crippen molar-refractivity contribution in [1.82, 2.24) is 0 Å². The number of aliphatic hydroxyl groups excluding tert-OH is 1. The number of carbonyl (C=O) groups is 2. The number of aliphatic hydroxyl groups is 1. The van der Waals surface area contributed by atoms with Crippen molar-refractivity contribution in [1.29, 1.82) is 0 Å². The second kappa shape index (κ2) is 7.78. The van der Waals surface area contributed by atoms with E-state index in [1.54, 1.807) is 0 Å². The normalized spacial score (nSPS) is 17.1. The first-order valence-electron chi connectivity index (χ1n) is 9.37. The van der Waals surface area contributed by atoms with Crippen LogP contribution in [0.2, 0.25) is 0 Å². The monoisotopic (exact) mass is 363 g/mol. The summed E-state index contributed by atoms with van der Waals surface area (Å²) >= 11 is 0. The minimum absolute atomic E-state index is 0.141. The smallest absolute Gasteiger partial charge is 0.294 e. The van der Waals surface area contributed by atoms with Gasteiger partial charge in [-0.2, -0.15) is 0 Å². The van der Waals surface area contributed by atoms with Crippen molar-refractivity contribution in [2.45, 2.75) is 39.7 Å². The molecule has 2 aromatic carbocycles. The summed E-state index contributed by atoms with van der Waals surface area (Å²) in [6.07, 6.45) is 1.19. The molecule has 3 rings (SSSR count). The van der Waals surface area contributed by atoms with Gasteiger partial charge >= 0.3 is 0 Å². The lowest BCUT2D eigenvalue weighted by atomic mass is 9.92. The molecular weight excluding hydrogens is 338 g/mol. The fraction of sp³-hybridized carbons (Fsp3) is 0.304. The third-order valence-electron chi connectivity index (χ3n) is 4.84. The molecule has 1 N–H and O–H groups in total. The Kier molecular flexibility index (Phi) is 5.45. The second-order valence-electron chi connectivity index (χ2n) is 7.29. The number of hydrogen-bond donors (Lipinski definition) is 1. The molecule has 1 heterocycles. The predicted octanol–water partition coefficient (Wildman–Crippen LogP) is 4.76. The number of amides is 1. The van der Waals surface area contributed by atoms with Gasteiger partial charge in [0.2, 0.25) is 0 Å². The van der Waals surface area contributed by atoms with Crippen LogP contribution in [-0.2, 0) is 16.0 Å². The summed E-state index contributed by atoms with van der Waals surface area (Å²) in [6, 6.07) is 16.5. The largest absolute Gasteiger partial charge is 0.503 e. The lowest BCUT2D eigenvalue weighted by Gasteiger charge is -2.27. The van der Waals surface area contributed by atoms with Crippen molar-refractivity contribution in [3.05, 3.63) is 77.1 Å². The third kappa shape index (κ3) is 3.65. The number of carbonyl (C=O) groups excluding carboxylic acids is 2. The number of benzene rings is 2. The number of ketones is 1. The molecule has 1 amide bonds. The number of aryl methyl sites for hydroxylation is 1. The van der Waals surface area contributed by atoms with Gasteiger partial charge in [-0.05, 0) is 35.6 Å². The quantitative estimate of drug-likeness (QED) is 0.805. The van der Waals surface area contributed by atoms with Crippen molar-refractivity contribution in [2.24, 2.45) is 5.92 Å². The van der Waals surface area contributed by atoms with Gasteiger partial charge < -0.3 is 5.11 Å². The molecule has 2 aromatic rings. The summed E-state index contributed by atoms with van der Waals surface area (Å²) in [4.78, 5) is 27.3.